The van der Waals surface area contributed by atoms with E-state index in [0.717, 1.165) is 11.8 Å². The van der Waals surface area contributed by atoms with Gasteiger partial charge in [-0.25, -0.2) is 0 Å². The first kappa shape index (κ1) is 9.51. The van der Waals surface area contributed by atoms with Gasteiger partial charge in [0, 0.05) is 6.04 Å². The van der Waals surface area contributed by atoms with Crippen molar-refractivity contribution in [2.45, 2.75) is 47.6 Å². The zero-order valence-electron chi connectivity index (χ0n) is 9.81. The van der Waals surface area contributed by atoms with Gasteiger partial charge in [-0.2, -0.15) is 0 Å². The Hall–Kier alpha value is -0.0400. The molecule has 2 saturated carbocycles. The Bertz CT molecular complexity index is 236. The average molecular weight is 181 g/mol. The van der Waals surface area contributed by atoms with Gasteiger partial charge in [0.25, 0.3) is 0 Å². The minimum absolute atomic E-state index is 0.399. The third-order valence-corrected chi connectivity index (χ3v) is 5.49. The second-order valence-corrected chi connectivity index (χ2v) is 6.79. The lowest BCUT2D eigenvalue weighted by atomic mass is 10.0. The van der Waals surface area contributed by atoms with Gasteiger partial charge in [-0.3, -0.25) is 0 Å². The topological polar surface area (TPSA) is 26.0 Å². The third kappa shape index (κ3) is 0.869. The van der Waals surface area contributed by atoms with Gasteiger partial charge in [-0.15, -0.1) is 0 Å². The van der Waals surface area contributed by atoms with E-state index >= 15 is 0 Å². The lowest BCUT2D eigenvalue weighted by Crippen LogP contribution is -2.07. The van der Waals surface area contributed by atoms with E-state index in [1.807, 2.05) is 0 Å². The first-order valence-corrected chi connectivity index (χ1v) is 5.40. The molecule has 13 heavy (non-hydrogen) atoms. The highest BCUT2D eigenvalue weighted by Crippen LogP contribution is 2.78. The highest BCUT2D eigenvalue weighted by Gasteiger charge is 2.75. The van der Waals surface area contributed by atoms with Crippen molar-refractivity contribution in [2.24, 2.45) is 33.8 Å². The van der Waals surface area contributed by atoms with Crippen LogP contribution in [0.4, 0.5) is 0 Å². The fourth-order valence-electron chi connectivity index (χ4n) is 3.50. The molecular weight excluding hydrogens is 158 g/mol. The summed E-state index contributed by atoms with van der Waals surface area (Å²) in [6, 6.07) is 0.443. The highest BCUT2D eigenvalue weighted by atomic mass is 14.9. The first-order chi connectivity index (χ1) is 5.65. The molecule has 0 bridgehead atoms. The van der Waals surface area contributed by atoms with E-state index in [1.54, 1.807) is 0 Å². The van der Waals surface area contributed by atoms with E-state index in [1.165, 1.54) is 0 Å². The molecule has 1 nitrogen and oxygen atoms in total. The number of rotatable bonds is 1. The van der Waals surface area contributed by atoms with Crippen molar-refractivity contribution >= 4 is 0 Å². The van der Waals surface area contributed by atoms with Crippen LogP contribution in [0.15, 0.2) is 0 Å². The van der Waals surface area contributed by atoms with Crippen LogP contribution in [-0.2, 0) is 0 Å². The molecule has 76 valence electrons. The third-order valence-electron chi connectivity index (χ3n) is 5.49. The zero-order valence-corrected chi connectivity index (χ0v) is 9.81. The molecule has 0 saturated heterocycles. The summed E-state index contributed by atoms with van der Waals surface area (Å²) in [4.78, 5) is 0. The van der Waals surface area contributed by atoms with Gasteiger partial charge >= 0.3 is 0 Å². The van der Waals surface area contributed by atoms with Crippen LogP contribution < -0.4 is 5.73 Å². The molecule has 2 aliphatic carbocycles. The summed E-state index contributed by atoms with van der Waals surface area (Å²) >= 11 is 0. The van der Waals surface area contributed by atoms with E-state index in [9.17, 15) is 0 Å². The van der Waals surface area contributed by atoms with Crippen molar-refractivity contribution in [1.29, 1.82) is 0 Å². The number of hydrogen-bond donors (Lipinski definition) is 1. The SMILES string of the molecule is CC1(C)[C@H](N)[C@H]1C1C(C)(C)C1(C)C. The van der Waals surface area contributed by atoms with Crippen LogP contribution in [0.25, 0.3) is 0 Å². The smallest absolute Gasteiger partial charge is 0.0131 e. The Kier molecular flexibility index (Phi) is 1.45. The quantitative estimate of drug-likeness (QED) is 0.661. The van der Waals surface area contributed by atoms with E-state index < -0.39 is 0 Å². The van der Waals surface area contributed by atoms with E-state index in [-0.39, 0.29) is 0 Å². The van der Waals surface area contributed by atoms with Crippen molar-refractivity contribution in [1.82, 2.24) is 0 Å². The van der Waals surface area contributed by atoms with Gasteiger partial charge in [0.2, 0.25) is 0 Å². The fraction of sp³-hybridized carbons (Fsp3) is 1.00. The second kappa shape index (κ2) is 1.98. The average Bonchev–Trinajstić information content (AvgIpc) is 2.51. The predicted octanol–water partition coefficient (Wildman–Crippen LogP) is 2.65. The lowest BCUT2D eigenvalue weighted by Gasteiger charge is -2.04. The molecule has 2 atom stereocenters. The van der Waals surface area contributed by atoms with Crippen LogP contribution in [-0.4, -0.2) is 6.04 Å². The molecule has 0 unspecified atom stereocenters. The van der Waals surface area contributed by atoms with Crippen molar-refractivity contribution in [3.8, 4) is 0 Å². The van der Waals surface area contributed by atoms with Gasteiger partial charge in [-0.1, -0.05) is 41.5 Å². The maximum absolute atomic E-state index is 6.13. The van der Waals surface area contributed by atoms with E-state index in [2.05, 4.69) is 41.5 Å². The fourth-order valence-corrected chi connectivity index (χ4v) is 3.50. The normalized spacial score (nSPS) is 44.5. The van der Waals surface area contributed by atoms with Crippen LogP contribution in [0.1, 0.15) is 41.5 Å². The van der Waals surface area contributed by atoms with Crippen molar-refractivity contribution in [3.05, 3.63) is 0 Å². The summed E-state index contributed by atoms with van der Waals surface area (Å²) in [5, 5.41) is 0. The maximum Gasteiger partial charge on any atom is 0.0131 e. The molecule has 2 rings (SSSR count). The summed E-state index contributed by atoms with van der Waals surface area (Å²) in [6.07, 6.45) is 0. The molecule has 1 heteroatoms. The molecule has 0 heterocycles. The summed E-state index contributed by atoms with van der Waals surface area (Å²) in [6.45, 7) is 14.2. The Balaban J connectivity index is 2.17. The number of hydrogen-bond acceptors (Lipinski definition) is 1. The van der Waals surface area contributed by atoms with Gasteiger partial charge in [0.1, 0.15) is 0 Å². The van der Waals surface area contributed by atoms with Gasteiger partial charge < -0.3 is 5.73 Å². The van der Waals surface area contributed by atoms with Crippen LogP contribution in [0, 0.1) is 28.1 Å². The van der Waals surface area contributed by atoms with E-state index in [0.29, 0.717) is 22.3 Å². The minimum atomic E-state index is 0.399. The van der Waals surface area contributed by atoms with Gasteiger partial charge in [0.15, 0.2) is 0 Å². The molecule has 0 aromatic rings. The Labute approximate surface area is 82.1 Å². The van der Waals surface area contributed by atoms with Crippen LogP contribution in [0.5, 0.6) is 0 Å². The van der Waals surface area contributed by atoms with Crippen LogP contribution in [0.2, 0.25) is 0 Å². The first-order valence-electron chi connectivity index (χ1n) is 5.40. The standard InChI is InChI=1S/C12H23N/c1-10(2)7(9(10)13)8-11(3,4)12(8,5)6/h7-9H,13H2,1-6H3/t7-,9-/m1/s1. The highest BCUT2D eigenvalue weighted by molar-refractivity contribution is 5.25. The Morgan fingerprint density at radius 2 is 1.15 bits per heavy atom. The predicted molar refractivity (Wildman–Crippen MR) is 56.3 cm³/mol. The largest absolute Gasteiger partial charge is 0.327 e. The summed E-state index contributed by atoms with van der Waals surface area (Å²) < 4.78 is 0. The molecule has 0 amide bonds. The molecule has 0 aromatic carbocycles. The molecular formula is C12H23N. The zero-order chi connectivity index (χ0) is 10.2. The summed E-state index contributed by atoms with van der Waals surface area (Å²) in [5.41, 5.74) is 7.53. The molecule has 0 spiro atoms. The Morgan fingerprint density at radius 3 is 1.23 bits per heavy atom. The van der Waals surface area contributed by atoms with Crippen LogP contribution in [0.3, 0.4) is 0 Å². The van der Waals surface area contributed by atoms with Crippen molar-refractivity contribution in [3.63, 3.8) is 0 Å². The molecule has 0 aromatic heterocycles. The molecule has 0 aliphatic heterocycles. The Morgan fingerprint density at radius 1 is 0.846 bits per heavy atom. The molecule has 0 radical (unpaired) electrons. The van der Waals surface area contributed by atoms with Gasteiger partial charge in [0.05, 0.1) is 0 Å². The molecule has 2 N–H and O–H groups in total. The second-order valence-electron chi connectivity index (χ2n) is 6.79. The van der Waals surface area contributed by atoms with Gasteiger partial charge in [-0.05, 0) is 28.1 Å². The van der Waals surface area contributed by atoms with Crippen molar-refractivity contribution < 1.29 is 0 Å². The summed E-state index contributed by atoms with van der Waals surface area (Å²) in [5.74, 6) is 1.60. The van der Waals surface area contributed by atoms with Crippen LogP contribution >= 0.6 is 0 Å². The minimum Gasteiger partial charge on any atom is -0.327 e. The lowest BCUT2D eigenvalue weighted by molar-refractivity contribution is 0.446. The van der Waals surface area contributed by atoms with Crippen molar-refractivity contribution in [2.75, 3.05) is 0 Å². The maximum atomic E-state index is 6.13. The molecule has 2 aliphatic rings. The van der Waals surface area contributed by atoms with E-state index in [4.69, 9.17) is 5.73 Å². The number of nitrogens with two attached hydrogens (primary N) is 1. The molecule has 2 fully saturated rings. The summed E-state index contributed by atoms with van der Waals surface area (Å²) in [7, 11) is 0. The monoisotopic (exact) mass is 181 g/mol.